The molecule has 0 saturated heterocycles. The van der Waals surface area contributed by atoms with E-state index in [-0.39, 0.29) is 25.3 Å². The van der Waals surface area contributed by atoms with Crippen molar-refractivity contribution in [1.29, 1.82) is 5.41 Å². The van der Waals surface area contributed by atoms with Crippen molar-refractivity contribution in [3.05, 3.63) is 34.9 Å². The van der Waals surface area contributed by atoms with Gasteiger partial charge in [0.1, 0.15) is 11.6 Å². The van der Waals surface area contributed by atoms with Gasteiger partial charge in [-0.15, -0.1) is 0 Å². The van der Waals surface area contributed by atoms with E-state index in [1.165, 1.54) is 20.8 Å². The molecule has 0 bridgehead atoms. The first-order valence-electron chi connectivity index (χ1n) is 8.70. The third-order valence-electron chi connectivity index (χ3n) is 3.90. The maximum atomic E-state index is 12.6. The number of benzene rings is 1. The van der Waals surface area contributed by atoms with E-state index in [1.54, 1.807) is 24.3 Å². The molecule has 9 heteroatoms. The van der Waals surface area contributed by atoms with Crippen molar-refractivity contribution in [2.75, 3.05) is 0 Å². The van der Waals surface area contributed by atoms with Gasteiger partial charge in [0.25, 0.3) is 0 Å². The van der Waals surface area contributed by atoms with Crippen LogP contribution >= 0.6 is 11.6 Å². The van der Waals surface area contributed by atoms with Gasteiger partial charge >= 0.3 is 0 Å². The Hall–Kier alpha value is -2.74. The van der Waals surface area contributed by atoms with E-state index in [0.29, 0.717) is 11.2 Å². The Labute approximate surface area is 168 Å². The summed E-state index contributed by atoms with van der Waals surface area (Å²) in [6, 6.07) is 5.92. The predicted molar refractivity (Wildman–Crippen MR) is 106 cm³/mol. The predicted octanol–water partition coefficient (Wildman–Crippen LogP) is 1.35. The lowest BCUT2D eigenvalue weighted by atomic mass is 10.0. The number of rotatable bonds is 10. The fourth-order valence-corrected chi connectivity index (χ4v) is 2.50. The lowest BCUT2D eigenvalue weighted by Gasteiger charge is -2.27. The van der Waals surface area contributed by atoms with Crippen LogP contribution in [0.5, 0.6) is 0 Å². The van der Waals surface area contributed by atoms with Gasteiger partial charge in [0.2, 0.25) is 17.7 Å². The van der Waals surface area contributed by atoms with Crippen molar-refractivity contribution in [2.24, 2.45) is 0 Å². The Morgan fingerprint density at radius 3 is 2.32 bits per heavy atom. The molecule has 0 aliphatic heterocycles. The van der Waals surface area contributed by atoms with Crippen LogP contribution in [0.25, 0.3) is 0 Å². The molecule has 8 nitrogen and oxygen atoms in total. The van der Waals surface area contributed by atoms with Crippen molar-refractivity contribution in [3.8, 4) is 0 Å². The highest BCUT2D eigenvalue weighted by atomic mass is 35.5. The van der Waals surface area contributed by atoms with Crippen LogP contribution in [0.4, 0.5) is 0 Å². The van der Waals surface area contributed by atoms with Gasteiger partial charge < -0.3 is 21.4 Å². The van der Waals surface area contributed by atoms with Crippen LogP contribution in [-0.2, 0) is 25.7 Å². The summed E-state index contributed by atoms with van der Waals surface area (Å²) in [5.74, 6) is -1.87. The Kier molecular flexibility index (Phi) is 8.78. The first-order chi connectivity index (χ1) is 13.0. The van der Waals surface area contributed by atoms with Crippen LogP contribution in [0, 0.1) is 5.41 Å². The van der Waals surface area contributed by atoms with Crippen molar-refractivity contribution in [1.82, 2.24) is 16.0 Å². The Balaban J connectivity index is 2.81. The van der Waals surface area contributed by atoms with E-state index >= 15 is 0 Å². The minimum atomic E-state index is -1.23. The summed E-state index contributed by atoms with van der Waals surface area (Å²) in [6.07, 6.45) is 0.637. The minimum absolute atomic E-state index is 0.0303. The van der Waals surface area contributed by atoms with Crippen LogP contribution in [0.1, 0.15) is 39.2 Å². The van der Waals surface area contributed by atoms with Gasteiger partial charge in [0, 0.05) is 24.9 Å². The lowest BCUT2D eigenvalue weighted by Crippen LogP contribution is -2.58. The van der Waals surface area contributed by atoms with E-state index in [0.717, 1.165) is 5.56 Å². The smallest absolute Gasteiger partial charge is 0.245 e. The van der Waals surface area contributed by atoms with Gasteiger partial charge in [-0.3, -0.25) is 19.2 Å². The van der Waals surface area contributed by atoms with Crippen LogP contribution < -0.4 is 16.0 Å². The summed E-state index contributed by atoms with van der Waals surface area (Å²) >= 11 is 5.83. The average molecular weight is 409 g/mol. The van der Waals surface area contributed by atoms with E-state index in [1.807, 2.05) is 0 Å². The molecule has 28 heavy (non-hydrogen) atoms. The molecule has 0 spiro atoms. The van der Waals surface area contributed by atoms with E-state index in [2.05, 4.69) is 16.0 Å². The van der Waals surface area contributed by atoms with Crippen molar-refractivity contribution >= 4 is 41.3 Å². The molecule has 0 aromatic heterocycles. The van der Waals surface area contributed by atoms with E-state index < -0.39 is 29.2 Å². The topological polar surface area (TPSA) is 128 Å². The van der Waals surface area contributed by atoms with Gasteiger partial charge in [-0.2, -0.15) is 0 Å². The fourth-order valence-electron chi connectivity index (χ4n) is 2.38. The Morgan fingerprint density at radius 2 is 1.79 bits per heavy atom. The molecular formula is C19H25ClN4O4. The highest BCUT2D eigenvalue weighted by Crippen LogP contribution is 2.10. The van der Waals surface area contributed by atoms with Crippen LogP contribution in [-0.4, -0.2) is 41.3 Å². The van der Waals surface area contributed by atoms with Gasteiger partial charge in [-0.1, -0.05) is 23.7 Å². The summed E-state index contributed by atoms with van der Waals surface area (Å²) < 4.78 is 0. The highest BCUT2D eigenvalue weighted by Gasteiger charge is 2.32. The summed E-state index contributed by atoms with van der Waals surface area (Å²) in [4.78, 5) is 47.7. The molecule has 3 amide bonds. The number of amides is 3. The van der Waals surface area contributed by atoms with E-state index in [4.69, 9.17) is 17.0 Å². The second kappa shape index (κ2) is 10.6. The molecule has 152 valence electrons. The molecular weight excluding hydrogens is 384 g/mol. The van der Waals surface area contributed by atoms with E-state index in [9.17, 15) is 19.2 Å². The number of ketones is 1. The van der Waals surface area contributed by atoms with Crippen molar-refractivity contribution in [3.63, 3.8) is 0 Å². The number of nitrogens with one attached hydrogen (secondary N) is 4. The minimum Gasteiger partial charge on any atom is -0.350 e. The zero-order chi connectivity index (χ0) is 21.3. The standard InChI is InChI=1S/C19H25ClN4O4/c1-12(25)24-19(2,3)18(28)23-16(9-8-15(26)10-21)17(27)22-11-13-4-6-14(20)7-5-13/h4-7,10,16,21H,8-9,11H2,1-3H3,(H,22,27)(H,23,28)(H,24,25)/t16-/m0/s1. The molecule has 1 rings (SSSR count). The lowest BCUT2D eigenvalue weighted by molar-refractivity contribution is -0.134. The fraction of sp³-hybridized carbons (Fsp3) is 0.421. The summed E-state index contributed by atoms with van der Waals surface area (Å²) in [5.41, 5.74) is -0.413. The monoisotopic (exact) mass is 408 g/mol. The third-order valence-corrected chi connectivity index (χ3v) is 4.15. The van der Waals surface area contributed by atoms with Crippen LogP contribution in [0.3, 0.4) is 0 Å². The molecule has 0 aliphatic rings. The average Bonchev–Trinajstić information content (AvgIpc) is 2.62. The normalized spacial score (nSPS) is 11.9. The molecule has 0 radical (unpaired) electrons. The second-order valence-electron chi connectivity index (χ2n) is 6.83. The molecule has 1 aromatic carbocycles. The molecule has 0 aliphatic carbocycles. The van der Waals surface area contributed by atoms with Gasteiger partial charge in [0.15, 0.2) is 5.78 Å². The van der Waals surface area contributed by atoms with Crippen LogP contribution in [0.15, 0.2) is 24.3 Å². The Morgan fingerprint density at radius 1 is 1.18 bits per heavy atom. The van der Waals surface area contributed by atoms with Gasteiger partial charge in [0.05, 0.1) is 6.21 Å². The SMILES string of the molecule is CC(=O)NC(C)(C)C(=O)N[C@@H](CCC(=O)C=N)C(=O)NCc1ccc(Cl)cc1. The summed E-state index contributed by atoms with van der Waals surface area (Å²) in [6.45, 7) is 4.52. The maximum Gasteiger partial charge on any atom is 0.245 e. The Bertz CT molecular complexity index is 747. The number of carbonyl (C=O) groups excluding carboxylic acids is 4. The number of Topliss-reactive ketones (excluding diaryl/α,β-unsaturated/α-hetero) is 1. The second-order valence-corrected chi connectivity index (χ2v) is 7.26. The highest BCUT2D eigenvalue weighted by molar-refractivity contribution is 6.30. The first-order valence-corrected chi connectivity index (χ1v) is 9.08. The summed E-state index contributed by atoms with van der Waals surface area (Å²) in [5, 5.41) is 15.3. The molecule has 0 saturated carbocycles. The number of hydrogen-bond acceptors (Lipinski definition) is 5. The maximum absolute atomic E-state index is 12.6. The number of carbonyl (C=O) groups is 4. The summed E-state index contributed by atoms with van der Waals surface area (Å²) in [7, 11) is 0. The zero-order valence-electron chi connectivity index (χ0n) is 16.1. The molecule has 0 unspecified atom stereocenters. The quantitative estimate of drug-likeness (QED) is 0.435. The number of hydrogen-bond donors (Lipinski definition) is 4. The largest absolute Gasteiger partial charge is 0.350 e. The van der Waals surface area contributed by atoms with Crippen LogP contribution in [0.2, 0.25) is 5.02 Å². The molecule has 1 aromatic rings. The molecule has 0 heterocycles. The third kappa shape index (κ3) is 7.87. The van der Waals surface area contributed by atoms with Crippen molar-refractivity contribution in [2.45, 2.75) is 51.7 Å². The van der Waals surface area contributed by atoms with Crippen molar-refractivity contribution < 1.29 is 19.2 Å². The van der Waals surface area contributed by atoms with Gasteiger partial charge in [-0.05, 0) is 38.0 Å². The molecule has 0 fully saturated rings. The van der Waals surface area contributed by atoms with Gasteiger partial charge in [-0.25, -0.2) is 0 Å². The first kappa shape index (κ1) is 23.3. The number of halogens is 1. The molecule has 1 atom stereocenters. The molecule has 4 N–H and O–H groups in total. The zero-order valence-corrected chi connectivity index (χ0v) is 16.9.